The van der Waals surface area contributed by atoms with Crippen LogP contribution in [0.15, 0.2) is 54.9 Å². The first-order valence-corrected chi connectivity index (χ1v) is 6.34. The van der Waals surface area contributed by atoms with Gasteiger partial charge in [0, 0.05) is 18.9 Å². The number of benzene rings is 1. The van der Waals surface area contributed by atoms with Crippen molar-refractivity contribution in [3.05, 3.63) is 66.0 Å². The molecule has 1 amide bonds. The number of carbonyl (C=O) groups excluding carboxylic acids is 1. The van der Waals surface area contributed by atoms with E-state index in [2.05, 4.69) is 10.3 Å². The molecule has 4 N–H and O–H groups in total. The molecule has 0 aliphatic rings. The van der Waals surface area contributed by atoms with Crippen molar-refractivity contribution in [2.45, 2.75) is 12.1 Å². The number of hydrogen-bond donors (Lipinski definition) is 3. The quantitative estimate of drug-likeness (QED) is 0.718. The van der Waals surface area contributed by atoms with E-state index >= 15 is 0 Å². The third-order valence-electron chi connectivity index (χ3n) is 3.02. The van der Waals surface area contributed by atoms with E-state index in [0.29, 0.717) is 0 Å². The highest BCUT2D eigenvalue weighted by molar-refractivity contribution is 5.78. The Bertz CT molecular complexity index is 506. The van der Waals surface area contributed by atoms with Crippen LogP contribution in [0.5, 0.6) is 0 Å². The molecule has 2 atom stereocenters. The molecule has 2 rings (SSSR count). The summed E-state index contributed by atoms with van der Waals surface area (Å²) >= 11 is 0. The van der Waals surface area contributed by atoms with Crippen LogP contribution in [0.4, 0.5) is 0 Å². The van der Waals surface area contributed by atoms with Crippen LogP contribution >= 0.6 is 0 Å². The van der Waals surface area contributed by atoms with E-state index in [4.69, 9.17) is 5.73 Å². The van der Waals surface area contributed by atoms with Crippen molar-refractivity contribution in [2.75, 3.05) is 6.54 Å². The van der Waals surface area contributed by atoms with Gasteiger partial charge in [0.1, 0.15) is 6.10 Å². The number of primary amides is 1. The summed E-state index contributed by atoms with van der Waals surface area (Å²) in [6.45, 7) is 0.0945. The van der Waals surface area contributed by atoms with Gasteiger partial charge in [0.25, 0.3) is 0 Å². The third-order valence-corrected chi connectivity index (χ3v) is 3.02. The lowest BCUT2D eigenvalue weighted by molar-refractivity contribution is -0.125. The maximum Gasteiger partial charge on any atom is 0.247 e. The molecular formula is C15H17N3O2. The Morgan fingerprint density at radius 2 is 1.75 bits per heavy atom. The lowest BCUT2D eigenvalue weighted by Gasteiger charge is -2.20. The molecular weight excluding hydrogens is 254 g/mol. The Balaban J connectivity index is 2.19. The highest BCUT2D eigenvalue weighted by atomic mass is 16.3. The Labute approximate surface area is 117 Å². The molecule has 0 radical (unpaired) electrons. The molecule has 2 unspecified atom stereocenters. The molecule has 0 saturated heterocycles. The molecule has 104 valence electrons. The average Bonchev–Trinajstić information content (AvgIpc) is 2.49. The molecule has 1 aromatic carbocycles. The Kier molecular flexibility index (Phi) is 4.81. The van der Waals surface area contributed by atoms with Gasteiger partial charge in [-0.15, -0.1) is 0 Å². The van der Waals surface area contributed by atoms with Crippen LogP contribution in [0.2, 0.25) is 0 Å². The van der Waals surface area contributed by atoms with Crippen molar-refractivity contribution in [3.63, 3.8) is 0 Å². The Hall–Kier alpha value is -2.24. The molecule has 0 bridgehead atoms. The summed E-state index contributed by atoms with van der Waals surface area (Å²) in [5.74, 6) is -0.737. The van der Waals surface area contributed by atoms with Gasteiger partial charge in [-0.2, -0.15) is 0 Å². The van der Waals surface area contributed by atoms with Gasteiger partial charge in [0.05, 0.1) is 6.04 Å². The second-order valence-corrected chi connectivity index (χ2v) is 4.45. The van der Waals surface area contributed by atoms with Crippen LogP contribution in [0.1, 0.15) is 17.2 Å². The standard InChI is InChI=1S/C15H17N3O2/c16-15(20)13(19)10-18-14(11-4-2-1-3-5-11)12-6-8-17-9-7-12/h1-9,13-14,18-19H,10H2,(H2,16,20). The minimum atomic E-state index is -1.21. The SMILES string of the molecule is NC(=O)C(O)CNC(c1ccccc1)c1ccncc1. The third kappa shape index (κ3) is 3.63. The zero-order valence-electron chi connectivity index (χ0n) is 10.9. The molecule has 1 heterocycles. The number of nitrogens with one attached hydrogen (secondary N) is 1. The lowest BCUT2D eigenvalue weighted by atomic mass is 9.99. The predicted octanol–water partition coefficient (Wildman–Crippen LogP) is 0.607. The van der Waals surface area contributed by atoms with E-state index in [1.54, 1.807) is 12.4 Å². The lowest BCUT2D eigenvalue weighted by Crippen LogP contribution is -2.39. The molecule has 0 fully saturated rings. The summed E-state index contributed by atoms with van der Waals surface area (Å²) in [6, 6.07) is 13.4. The number of rotatable bonds is 6. The monoisotopic (exact) mass is 271 g/mol. The van der Waals surface area contributed by atoms with Crippen LogP contribution in [-0.2, 0) is 4.79 Å². The molecule has 1 aromatic heterocycles. The molecule has 5 nitrogen and oxygen atoms in total. The van der Waals surface area contributed by atoms with Crippen LogP contribution in [0, 0.1) is 0 Å². The number of aliphatic hydroxyl groups is 1. The van der Waals surface area contributed by atoms with Crippen LogP contribution in [0.3, 0.4) is 0 Å². The number of nitrogens with zero attached hydrogens (tertiary/aromatic N) is 1. The first kappa shape index (κ1) is 14.2. The van der Waals surface area contributed by atoms with E-state index < -0.39 is 12.0 Å². The van der Waals surface area contributed by atoms with Crippen LogP contribution < -0.4 is 11.1 Å². The summed E-state index contributed by atoms with van der Waals surface area (Å²) in [6.07, 6.45) is 2.21. The van der Waals surface area contributed by atoms with Crippen LogP contribution in [-0.4, -0.2) is 28.6 Å². The molecule has 0 aliphatic carbocycles. The zero-order chi connectivity index (χ0) is 14.4. The molecule has 0 spiro atoms. The van der Waals surface area contributed by atoms with Crippen molar-refractivity contribution in [3.8, 4) is 0 Å². The topological polar surface area (TPSA) is 88.2 Å². The van der Waals surface area contributed by atoms with E-state index in [1.165, 1.54) is 0 Å². The van der Waals surface area contributed by atoms with Gasteiger partial charge in [0.15, 0.2) is 0 Å². The smallest absolute Gasteiger partial charge is 0.247 e. The van der Waals surface area contributed by atoms with Gasteiger partial charge in [0.2, 0.25) is 5.91 Å². The Morgan fingerprint density at radius 1 is 1.15 bits per heavy atom. The second kappa shape index (κ2) is 6.79. The summed E-state index contributed by atoms with van der Waals surface area (Å²) in [4.78, 5) is 14.9. The summed E-state index contributed by atoms with van der Waals surface area (Å²) in [5.41, 5.74) is 7.10. The van der Waals surface area contributed by atoms with Crippen molar-refractivity contribution < 1.29 is 9.90 Å². The minimum Gasteiger partial charge on any atom is -0.382 e. The highest BCUT2D eigenvalue weighted by Gasteiger charge is 2.17. The van der Waals surface area contributed by atoms with Gasteiger partial charge in [-0.25, -0.2) is 0 Å². The second-order valence-electron chi connectivity index (χ2n) is 4.45. The van der Waals surface area contributed by atoms with Gasteiger partial charge in [-0.3, -0.25) is 9.78 Å². The fourth-order valence-corrected chi connectivity index (χ4v) is 1.96. The minimum absolute atomic E-state index is 0.0945. The van der Waals surface area contributed by atoms with Gasteiger partial charge >= 0.3 is 0 Å². The van der Waals surface area contributed by atoms with E-state index in [9.17, 15) is 9.90 Å². The summed E-state index contributed by atoms with van der Waals surface area (Å²) < 4.78 is 0. The van der Waals surface area contributed by atoms with E-state index in [1.807, 2.05) is 42.5 Å². The number of hydrogen-bond acceptors (Lipinski definition) is 4. The van der Waals surface area contributed by atoms with E-state index in [0.717, 1.165) is 11.1 Å². The summed E-state index contributed by atoms with van der Waals surface area (Å²) in [7, 11) is 0. The van der Waals surface area contributed by atoms with E-state index in [-0.39, 0.29) is 12.6 Å². The van der Waals surface area contributed by atoms with Crippen molar-refractivity contribution >= 4 is 5.91 Å². The number of aromatic nitrogens is 1. The van der Waals surface area contributed by atoms with Crippen molar-refractivity contribution in [1.82, 2.24) is 10.3 Å². The maximum atomic E-state index is 10.9. The number of carbonyl (C=O) groups is 1. The number of amides is 1. The number of aliphatic hydroxyl groups excluding tert-OH is 1. The largest absolute Gasteiger partial charge is 0.382 e. The molecule has 0 aliphatic heterocycles. The van der Waals surface area contributed by atoms with Gasteiger partial charge < -0.3 is 16.2 Å². The molecule has 5 heteroatoms. The number of nitrogens with two attached hydrogens (primary N) is 1. The van der Waals surface area contributed by atoms with Gasteiger partial charge in [-0.1, -0.05) is 30.3 Å². The average molecular weight is 271 g/mol. The Morgan fingerprint density at radius 3 is 2.35 bits per heavy atom. The van der Waals surface area contributed by atoms with Gasteiger partial charge in [-0.05, 0) is 23.3 Å². The molecule has 0 saturated carbocycles. The first-order chi connectivity index (χ1) is 9.68. The number of pyridine rings is 1. The normalized spacial score (nSPS) is 13.7. The first-order valence-electron chi connectivity index (χ1n) is 6.34. The predicted molar refractivity (Wildman–Crippen MR) is 75.7 cm³/mol. The highest BCUT2D eigenvalue weighted by Crippen LogP contribution is 2.21. The fraction of sp³-hybridized carbons (Fsp3) is 0.200. The van der Waals surface area contributed by atoms with Crippen molar-refractivity contribution in [2.24, 2.45) is 5.73 Å². The fourth-order valence-electron chi connectivity index (χ4n) is 1.96. The molecule has 2 aromatic rings. The maximum absolute atomic E-state index is 10.9. The summed E-state index contributed by atoms with van der Waals surface area (Å²) in [5, 5.41) is 12.7. The zero-order valence-corrected chi connectivity index (χ0v) is 10.9. The van der Waals surface area contributed by atoms with Crippen molar-refractivity contribution in [1.29, 1.82) is 0 Å². The van der Waals surface area contributed by atoms with Crippen LogP contribution in [0.25, 0.3) is 0 Å². The molecule has 20 heavy (non-hydrogen) atoms.